The number of anilines is 1. The molecule has 0 saturated carbocycles. The van der Waals surface area contributed by atoms with E-state index in [-0.39, 0.29) is 0 Å². The highest BCUT2D eigenvalue weighted by molar-refractivity contribution is 7.80. The van der Waals surface area contributed by atoms with Gasteiger partial charge in [-0.3, -0.25) is 0 Å². The van der Waals surface area contributed by atoms with Gasteiger partial charge < -0.3 is 15.0 Å². The van der Waals surface area contributed by atoms with Crippen molar-refractivity contribution in [3.63, 3.8) is 0 Å². The largest absolute Gasteiger partial charge is 0.382 e. The van der Waals surface area contributed by atoms with Crippen LogP contribution in [0.5, 0.6) is 0 Å². The van der Waals surface area contributed by atoms with Crippen LogP contribution in [0.15, 0.2) is 24.3 Å². The lowest BCUT2D eigenvalue weighted by Crippen LogP contribution is -2.37. The quantitative estimate of drug-likeness (QED) is 0.638. The lowest BCUT2D eigenvalue weighted by molar-refractivity contribution is 0.146. The lowest BCUT2D eigenvalue weighted by atomic mass is 10.2. The lowest BCUT2D eigenvalue weighted by Gasteiger charge is -2.21. The predicted molar refractivity (Wildman–Crippen MR) is 81.3 cm³/mol. The van der Waals surface area contributed by atoms with Crippen molar-refractivity contribution < 1.29 is 4.74 Å². The number of nitriles is 1. The number of hydrogen-bond donors (Lipinski definition) is 1. The molecule has 0 atom stereocenters. The average Bonchev–Trinajstić information content (AvgIpc) is 2.46. The Hall–Kier alpha value is -1.64. The van der Waals surface area contributed by atoms with Crippen molar-refractivity contribution in [3.8, 4) is 6.07 Å². The fraction of sp³-hybridized carbons (Fsp3) is 0.429. The van der Waals surface area contributed by atoms with Crippen molar-refractivity contribution in [3.05, 3.63) is 29.8 Å². The molecule has 0 aromatic heterocycles. The SMILES string of the molecule is CCOCCCNC(=S)N(C)c1cccc(C#N)c1. The maximum atomic E-state index is 8.88. The number of thiocarbonyl (C=S) groups is 1. The summed E-state index contributed by atoms with van der Waals surface area (Å²) >= 11 is 5.31. The summed E-state index contributed by atoms with van der Waals surface area (Å²) in [6.45, 7) is 4.24. The molecule has 1 aromatic rings. The van der Waals surface area contributed by atoms with Gasteiger partial charge in [0.25, 0.3) is 0 Å². The summed E-state index contributed by atoms with van der Waals surface area (Å²) in [7, 11) is 1.88. The smallest absolute Gasteiger partial charge is 0.173 e. The van der Waals surface area contributed by atoms with E-state index >= 15 is 0 Å². The van der Waals surface area contributed by atoms with Crippen molar-refractivity contribution in [2.75, 3.05) is 31.7 Å². The van der Waals surface area contributed by atoms with Gasteiger partial charge in [0.1, 0.15) is 0 Å². The Morgan fingerprint density at radius 2 is 2.32 bits per heavy atom. The van der Waals surface area contributed by atoms with E-state index in [0.717, 1.165) is 31.9 Å². The number of hydrogen-bond acceptors (Lipinski definition) is 3. The van der Waals surface area contributed by atoms with E-state index in [4.69, 9.17) is 22.2 Å². The molecule has 0 aliphatic heterocycles. The first-order valence-electron chi connectivity index (χ1n) is 6.28. The van der Waals surface area contributed by atoms with Gasteiger partial charge in [-0.15, -0.1) is 0 Å². The van der Waals surface area contributed by atoms with Gasteiger partial charge in [-0.05, 0) is 43.8 Å². The minimum absolute atomic E-state index is 0.628. The van der Waals surface area contributed by atoms with Gasteiger partial charge in [0.2, 0.25) is 0 Å². The monoisotopic (exact) mass is 277 g/mol. The van der Waals surface area contributed by atoms with Crippen molar-refractivity contribution in [1.82, 2.24) is 5.32 Å². The zero-order chi connectivity index (χ0) is 14.1. The zero-order valence-electron chi connectivity index (χ0n) is 11.3. The fourth-order valence-electron chi connectivity index (χ4n) is 1.53. The number of nitrogens with one attached hydrogen (secondary N) is 1. The second-order valence-corrected chi connectivity index (χ2v) is 4.39. The van der Waals surface area contributed by atoms with Gasteiger partial charge in [-0.1, -0.05) is 6.07 Å². The molecule has 0 aliphatic rings. The van der Waals surface area contributed by atoms with Gasteiger partial charge in [0.05, 0.1) is 11.6 Å². The molecule has 0 amide bonds. The maximum absolute atomic E-state index is 8.88. The Morgan fingerprint density at radius 1 is 1.53 bits per heavy atom. The highest BCUT2D eigenvalue weighted by Crippen LogP contribution is 2.14. The molecule has 0 spiro atoms. The van der Waals surface area contributed by atoms with Crippen molar-refractivity contribution in [1.29, 1.82) is 5.26 Å². The molecule has 102 valence electrons. The molecule has 4 nitrogen and oxygen atoms in total. The summed E-state index contributed by atoms with van der Waals surface area (Å²) in [6, 6.07) is 9.48. The zero-order valence-corrected chi connectivity index (χ0v) is 12.2. The first-order valence-corrected chi connectivity index (χ1v) is 6.69. The summed E-state index contributed by atoms with van der Waals surface area (Å²) in [6.07, 6.45) is 0.917. The Bertz CT molecular complexity index is 456. The fourth-order valence-corrected chi connectivity index (χ4v) is 1.74. The molecule has 1 N–H and O–H groups in total. The van der Waals surface area contributed by atoms with E-state index in [9.17, 15) is 0 Å². The molecule has 0 bridgehead atoms. The molecule has 0 aliphatic carbocycles. The standard InChI is InChI=1S/C14H19N3OS/c1-3-18-9-5-8-16-14(19)17(2)13-7-4-6-12(10-13)11-15/h4,6-7,10H,3,5,8-9H2,1-2H3,(H,16,19). The third-order valence-electron chi connectivity index (χ3n) is 2.61. The average molecular weight is 277 g/mol. The summed E-state index contributed by atoms with van der Waals surface area (Å²) in [5.41, 5.74) is 1.53. The van der Waals surface area contributed by atoms with Crippen LogP contribution in [0.25, 0.3) is 0 Å². The Labute approximate surface area is 120 Å². The van der Waals surface area contributed by atoms with E-state index in [0.29, 0.717) is 10.7 Å². The topological polar surface area (TPSA) is 48.3 Å². The summed E-state index contributed by atoms with van der Waals surface area (Å²) in [4.78, 5) is 1.86. The molecule has 5 heteroatoms. The van der Waals surface area contributed by atoms with Crippen LogP contribution < -0.4 is 10.2 Å². The molecule has 1 aromatic carbocycles. The molecular weight excluding hydrogens is 258 g/mol. The Morgan fingerprint density at radius 3 is 3.00 bits per heavy atom. The Balaban J connectivity index is 2.45. The highest BCUT2D eigenvalue weighted by atomic mass is 32.1. The van der Waals surface area contributed by atoms with Crippen molar-refractivity contribution in [2.24, 2.45) is 0 Å². The second-order valence-electron chi connectivity index (χ2n) is 4.00. The van der Waals surface area contributed by atoms with Crippen LogP contribution in [0.4, 0.5) is 5.69 Å². The van der Waals surface area contributed by atoms with Crippen LogP contribution in [0.3, 0.4) is 0 Å². The number of ether oxygens (including phenoxy) is 1. The molecule has 0 saturated heterocycles. The van der Waals surface area contributed by atoms with Gasteiger partial charge in [0.15, 0.2) is 5.11 Å². The third-order valence-corrected chi connectivity index (χ3v) is 3.03. The minimum atomic E-state index is 0.628. The van der Waals surface area contributed by atoms with E-state index < -0.39 is 0 Å². The van der Waals surface area contributed by atoms with Crippen LogP contribution in [0.1, 0.15) is 18.9 Å². The van der Waals surface area contributed by atoms with Crippen LogP contribution in [0, 0.1) is 11.3 Å². The van der Waals surface area contributed by atoms with Gasteiger partial charge in [0, 0.05) is 32.5 Å². The highest BCUT2D eigenvalue weighted by Gasteiger charge is 2.06. The molecule has 0 fully saturated rings. The molecule has 0 radical (unpaired) electrons. The third kappa shape index (κ3) is 5.25. The first-order chi connectivity index (χ1) is 9.19. The van der Waals surface area contributed by atoms with Crippen LogP contribution in [0.2, 0.25) is 0 Å². The predicted octanol–water partition coefficient (Wildman–Crippen LogP) is 2.30. The van der Waals surface area contributed by atoms with E-state index in [2.05, 4.69) is 11.4 Å². The van der Waals surface area contributed by atoms with Crippen LogP contribution in [-0.4, -0.2) is 31.9 Å². The molecule has 1 rings (SSSR count). The van der Waals surface area contributed by atoms with Crippen LogP contribution in [-0.2, 0) is 4.74 Å². The van der Waals surface area contributed by atoms with E-state index in [1.807, 2.05) is 37.1 Å². The number of rotatable bonds is 6. The van der Waals surface area contributed by atoms with Gasteiger partial charge in [-0.2, -0.15) is 5.26 Å². The second kappa shape index (κ2) is 8.46. The number of benzene rings is 1. The molecule has 0 unspecified atom stereocenters. The first kappa shape index (κ1) is 15.4. The molecule has 0 heterocycles. The number of nitrogens with zero attached hydrogens (tertiary/aromatic N) is 2. The molecule has 19 heavy (non-hydrogen) atoms. The van der Waals surface area contributed by atoms with Crippen LogP contribution >= 0.6 is 12.2 Å². The van der Waals surface area contributed by atoms with Crippen molar-refractivity contribution in [2.45, 2.75) is 13.3 Å². The summed E-state index contributed by atoms with van der Waals surface area (Å²) < 4.78 is 5.26. The van der Waals surface area contributed by atoms with Crippen molar-refractivity contribution >= 4 is 23.0 Å². The minimum Gasteiger partial charge on any atom is -0.382 e. The molecular formula is C14H19N3OS. The van der Waals surface area contributed by atoms with Gasteiger partial charge in [-0.25, -0.2) is 0 Å². The summed E-state index contributed by atoms with van der Waals surface area (Å²) in [5, 5.41) is 12.7. The van der Waals surface area contributed by atoms with Gasteiger partial charge >= 0.3 is 0 Å². The normalized spacial score (nSPS) is 9.74. The maximum Gasteiger partial charge on any atom is 0.173 e. The summed E-state index contributed by atoms with van der Waals surface area (Å²) in [5.74, 6) is 0. The van der Waals surface area contributed by atoms with E-state index in [1.165, 1.54) is 0 Å². The Kier molecular flexibility index (Phi) is 6.86. The van der Waals surface area contributed by atoms with E-state index in [1.54, 1.807) is 6.07 Å².